The van der Waals surface area contributed by atoms with Gasteiger partial charge in [0, 0.05) is 4.47 Å². The second-order valence-corrected chi connectivity index (χ2v) is 4.43. The number of rotatable bonds is 7. The van der Waals surface area contributed by atoms with E-state index in [9.17, 15) is 0 Å². The van der Waals surface area contributed by atoms with Crippen molar-refractivity contribution in [1.29, 1.82) is 0 Å². The van der Waals surface area contributed by atoms with E-state index in [2.05, 4.69) is 22.5 Å². The molecule has 3 heteroatoms. The van der Waals surface area contributed by atoms with Crippen molar-refractivity contribution in [2.75, 3.05) is 13.2 Å². The van der Waals surface area contributed by atoms with Crippen molar-refractivity contribution in [1.82, 2.24) is 0 Å². The molecular formula is C13H18BrNO. The SMILES string of the molecule is C=CCCCOc1ccc(Br)c(CCN)c1. The van der Waals surface area contributed by atoms with Crippen LogP contribution in [0.25, 0.3) is 0 Å². The number of hydrogen-bond acceptors (Lipinski definition) is 2. The van der Waals surface area contributed by atoms with Gasteiger partial charge in [0.2, 0.25) is 0 Å². The topological polar surface area (TPSA) is 35.2 Å². The van der Waals surface area contributed by atoms with Gasteiger partial charge in [-0.15, -0.1) is 6.58 Å². The highest BCUT2D eigenvalue weighted by Gasteiger charge is 2.01. The Kier molecular flexibility index (Phi) is 6.19. The molecular weight excluding hydrogens is 266 g/mol. The van der Waals surface area contributed by atoms with Crippen LogP contribution in [0.5, 0.6) is 5.75 Å². The Balaban J connectivity index is 2.53. The zero-order valence-corrected chi connectivity index (χ0v) is 11.0. The molecule has 0 aromatic heterocycles. The monoisotopic (exact) mass is 283 g/mol. The van der Waals surface area contributed by atoms with E-state index in [1.54, 1.807) is 0 Å². The van der Waals surface area contributed by atoms with Gasteiger partial charge in [0.25, 0.3) is 0 Å². The molecule has 0 saturated carbocycles. The maximum atomic E-state index is 5.64. The number of benzene rings is 1. The molecule has 0 aliphatic carbocycles. The lowest BCUT2D eigenvalue weighted by molar-refractivity contribution is 0.312. The summed E-state index contributed by atoms with van der Waals surface area (Å²) in [6.07, 6.45) is 4.77. The van der Waals surface area contributed by atoms with Crippen LogP contribution in [0.2, 0.25) is 0 Å². The molecule has 0 heterocycles. The largest absolute Gasteiger partial charge is 0.494 e. The van der Waals surface area contributed by atoms with Gasteiger partial charge in [0.1, 0.15) is 5.75 Å². The Morgan fingerprint density at radius 3 is 2.94 bits per heavy atom. The molecule has 0 bridgehead atoms. The fourth-order valence-corrected chi connectivity index (χ4v) is 1.85. The van der Waals surface area contributed by atoms with E-state index in [0.717, 1.165) is 36.1 Å². The van der Waals surface area contributed by atoms with E-state index >= 15 is 0 Å². The predicted octanol–water partition coefficient (Wildman–Crippen LogP) is 3.30. The summed E-state index contributed by atoms with van der Waals surface area (Å²) in [5.41, 5.74) is 6.74. The zero-order chi connectivity index (χ0) is 11.8. The van der Waals surface area contributed by atoms with Crippen LogP contribution < -0.4 is 10.5 Å². The van der Waals surface area contributed by atoms with E-state index in [0.29, 0.717) is 6.54 Å². The lowest BCUT2D eigenvalue weighted by atomic mass is 10.1. The lowest BCUT2D eigenvalue weighted by Crippen LogP contribution is -2.04. The van der Waals surface area contributed by atoms with Crippen LogP contribution in [0.1, 0.15) is 18.4 Å². The maximum absolute atomic E-state index is 5.64. The van der Waals surface area contributed by atoms with Gasteiger partial charge in [-0.2, -0.15) is 0 Å². The van der Waals surface area contributed by atoms with Crippen molar-refractivity contribution in [2.45, 2.75) is 19.3 Å². The van der Waals surface area contributed by atoms with Crippen molar-refractivity contribution >= 4 is 15.9 Å². The van der Waals surface area contributed by atoms with Crippen molar-refractivity contribution in [2.24, 2.45) is 5.73 Å². The normalized spacial score (nSPS) is 10.1. The van der Waals surface area contributed by atoms with Gasteiger partial charge in [0.15, 0.2) is 0 Å². The summed E-state index contributed by atoms with van der Waals surface area (Å²) >= 11 is 3.50. The van der Waals surface area contributed by atoms with E-state index in [1.807, 2.05) is 24.3 Å². The molecule has 0 saturated heterocycles. The number of hydrogen-bond donors (Lipinski definition) is 1. The van der Waals surface area contributed by atoms with Gasteiger partial charge < -0.3 is 10.5 Å². The first kappa shape index (κ1) is 13.3. The molecule has 16 heavy (non-hydrogen) atoms. The summed E-state index contributed by atoms with van der Waals surface area (Å²) in [5.74, 6) is 0.913. The predicted molar refractivity (Wildman–Crippen MR) is 71.8 cm³/mol. The van der Waals surface area contributed by atoms with Crippen LogP contribution >= 0.6 is 15.9 Å². The third-order valence-corrected chi connectivity index (χ3v) is 3.03. The second-order valence-electron chi connectivity index (χ2n) is 3.57. The number of unbranched alkanes of at least 4 members (excludes halogenated alkanes) is 1. The van der Waals surface area contributed by atoms with Crippen LogP contribution in [0.3, 0.4) is 0 Å². The second kappa shape index (κ2) is 7.47. The number of allylic oxidation sites excluding steroid dienone is 1. The Morgan fingerprint density at radius 1 is 1.44 bits per heavy atom. The maximum Gasteiger partial charge on any atom is 0.119 e. The molecule has 88 valence electrons. The first-order chi connectivity index (χ1) is 7.77. The summed E-state index contributed by atoms with van der Waals surface area (Å²) in [5, 5.41) is 0. The molecule has 2 N–H and O–H groups in total. The molecule has 1 aromatic carbocycles. The van der Waals surface area contributed by atoms with Crippen LogP contribution in [0.15, 0.2) is 35.3 Å². The van der Waals surface area contributed by atoms with Crippen LogP contribution in [-0.2, 0) is 6.42 Å². The number of ether oxygens (including phenoxy) is 1. The third kappa shape index (κ3) is 4.37. The fourth-order valence-electron chi connectivity index (χ4n) is 1.41. The number of halogens is 1. The van der Waals surface area contributed by atoms with Gasteiger partial charge in [0.05, 0.1) is 6.61 Å². The zero-order valence-electron chi connectivity index (χ0n) is 9.42. The summed E-state index contributed by atoms with van der Waals surface area (Å²) in [7, 11) is 0. The Morgan fingerprint density at radius 2 is 2.25 bits per heavy atom. The quantitative estimate of drug-likeness (QED) is 0.616. The van der Waals surface area contributed by atoms with Gasteiger partial charge in [-0.05, 0) is 49.6 Å². The van der Waals surface area contributed by atoms with Crippen molar-refractivity contribution in [3.05, 3.63) is 40.9 Å². The molecule has 0 spiro atoms. The van der Waals surface area contributed by atoms with Crippen molar-refractivity contribution in [3.8, 4) is 5.75 Å². The lowest BCUT2D eigenvalue weighted by Gasteiger charge is -2.08. The minimum Gasteiger partial charge on any atom is -0.494 e. The number of nitrogens with two attached hydrogens (primary N) is 1. The van der Waals surface area contributed by atoms with E-state index in [1.165, 1.54) is 5.56 Å². The minimum atomic E-state index is 0.651. The summed E-state index contributed by atoms with van der Waals surface area (Å²) in [6, 6.07) is 6.02. The highest BCUT2D eigenvalue weighted by Crippen LogP contribution is 2.23. The summed E-state index contributed by atoms with van der Waals surface area (Å²) in [6.45, 7) is 5.06. The van der Waals surface area contributed by atoms with Crippen LogP contribution in [0.4, 0.5) is 0 Å². The third-order valence-electron chi connectivity index (χ3n) is 2.25. The first-order valence-corrected chi connectivity index (χ1v) is 6.29. The van der Waals surface area contributed by atoms with E-state index in [4.69, 9.17) is 10.5 Å². The van der Waals surface area contributed by atoms with Gasteiger partial charge in [-0.3, -0.25) is 0 Å². The highest BCUT2D eigenvalue weighted by molar-refractivity contribution is 9.10. The molecule has 0 unspecified atom stereocenters. The average Bonchev–Trinajstić information content (AvgIpc) is 2.29. The van der Waals surface area contributed by atoms with Gasteiger partial charge in [-0.25, -0.2) is 0 Å². The molecule has 0 aliphatic rings. The Labute approximate surface area is 106 Å². The van der Waals surface area contributed by atoms with Gasteiger partial charge >= 0.3 is 0 Å². The highest BCUT2D eigenvalue weighted by atomic mass is 79.9. The van der Waals surface area contributed by atoms with Crippen LogP contribution in [0, 0.1) is 0 Å². The molecule has 0 radical (unpaired) electrons. The Hall–Kier alpha value is -0.800. The fraction of sp³-hybridized carbons (Fsp3) is 0.385. The molecule has 1 aromatic rings. The molecule has 0 aliphatic heterocycles. The molecule has 1 rings (SSSR count). The van der Waals surface area contributed by atoms with E-state index < -0.39 is 0 Å². The standard InChI is InChI=1S/C13H18BrNO/c1-2-3-4-9-16-12-5-6-13(14)11(10-12)7-8-15/h2,5-6,10H,1,3-4,7-9,15H2. The molecule has 0 fully saturated rings. The Bertz CT molecular complexity index is 339. The minimum absolute atomic E-state index is 0.651. The van der Waals surface area contributed by atoms with Crippen molar-refractivity contribution < 1.29 is 4.74 Å². The van der Waals surface area contributed by atoms with Crippen LogP contribution in [-0.4, -0.2) is 13.2 Å². The molecule has 0 atom stereocenters. The summed E-state index contributed by atoms with van der Waals surface area (Å²) in [4.78, 5) is 0. The van der Waals surface area contributed by atoms with Gasteiger partial charge in [-0.1, -0.05) is 22.0 Å². The molecule has 2 nitrogen and oxygen atoms in total. The van der Waals surface area contributed by atoms with E-state index in [-0.39, 0.29) is 0 Å². The van der Waals surface area contributed by atoms with Crippen molar-refractivity contribution in [3.63, 3.8) is 0 Å². The molecule has 0 amide bonds. The smallest absolute Gasteiger partial charge is 0.119 e. The first-order valence-electron chi connectivity index (χ1n) is 5.50. The summed E-state index contributed by atoms with van der Waals surface area (Å²) < 4.78 is 6.73. The average molecular weight is 284 g/mol.